The van der Waals surface area contributed by atoms with E-state index in [1.54, 1.807) is 25.2 Å². The molecule has 0 saturated carbocycles. The molecule has 0 spiro atoms. The predicted octanol–water partition coefficient (Wildman–Crippen LogP) is 4.81. The van der Waals surface area contributed by atoms with E-state index in [9.17, 15) is 9.59 Å². The van der Waals surface area contributed by atoms with E-state index in [1.807, 2.05) is 30.5 Å². The van der Waals surface area contributed by atoms with E-state index in [0.717, 1.165) is 15.9 Å². The van der Waals surface area contributed by atoms with Crippen molar-refractivity contribution in [3.63, 3.8) is 0 Å². The largest absolute Gasteiger partial charge is 0.334 e. The minimum atomic E-state index is -0.528. The van der Waals surface area contributed by atoms with Crippen LogP contribution in [0.25, 0.3) is 0 Å². The minimum Gasteiger partial charge on any atom is -0.334 e. The molecule has 152 valence electrons. The van der Waals surface area contributed by atoms with Crippen molar-refractivity contribution < 1.29 is 4.79 Å². The predicted molar refractivity (Wildman–Crippen MR) is 119 cm³/mol. The summed E-state index contributed by atoms with van der Waals surface area (Å²) in [7, 11) is 1.60. The molecule has 1 aliphatic heterocycles. The summed E-state index contributed by atoms with van der Waals surface area (Å²) in [6, 6.07) is 12.0. The standard InChI is InChI=1S/C22H18BrClN4O2/c1-12(2)27-18(23)9-16-20(27)19(14-6-4-13(10-25)5-7-14)28(21(16)29)17-8-15(24)11-26(3)22(17)30/h4-9,11-12,19H,1-3H3. The molecule has 3 heterocycles. The molecule has 30 heavy (non-hydrogen) atoms. The van der Waals surface area contributed by atoms with Gasteiger partial charge in [0.2, 0.25) is 0 Å². The summed E-state index contributed by atoms with van der Waals surface area (Å²) in [6.07, 6.45) is 1.52. The smallest absolute Gasteiger partial charge is 0.274 e. The molecular formula is C22H18BrClN4O2. The van der Waals surface area contributed by atoms with Crippen LogP contribution in [0.4, 0.5) is 5.69 Å². The highest BCUT2D eigenvalue weighted by Gasteiger charge is 2.43. The van der Waals surface area contributed by atoms with E-state index >= 15 is 0 Å². The number of benzene rings is 1. The summed E-state index contributed by atoms with van der Waals surface area (Å²) in [5.74, 6) is -0.265. The highest BCUT2D eigenvalue weighted by atomic mass is 79.9. The van der Waals surface area contributed by atoms with Gasteiger partial charge in [-0.05, 0) is 59.6 Å². The molecular weight excluding hydrogens is 468 g/mol. The Hall–Kier alpha value is -2.82. The second-order valence-corrected chi connectivity index (χ2v) is 8.75. The zero-order chi connectivity index (χ0) is 21.7. The Morgan fingerprint density at radius 1 is 1.17 bits per heavy atom. The molecule has 0 bridgehead atoms. The van der Waals surface area contributed by atoms with Crippen LogP contribution in [0.5, 0.6) is 0 Å². The molecule has 1 unspecified atom stereocenters. The number of nitriles is 1. The summed E-state index contributed by atoms with van der Waals surface area (Å²) in [6.45, 7) is 4.07. The van der Waals surface area contributed by atoms with Crippen LogP contribution in [-0.2, 0) is 7.05 Å². The van der Waals surface area contributed by atoms with Crippen molar-refractivity contribution in [2.75, 3.05) is 4.90 Å². The van der Waals surface area contributed by atoms with Gasteiger partial charge in [0, 0.05) is 19.3 Å². The van der Waals surface area contributed by atoms with Gasteiger partial charge in [-0.3, -0.25) is 14.5 Å². The van der Waals surface area contributed by atoms with Crippen molar-refractivity contribution in [3.8, 4) is 6.07 Å². The van der Waals surface area contributed by atoms with Gasteiger partial charge in [-0.2, -0.15) is 5.26 Å². The molecule has 6 nitrogen and oxygen atoms in total. The number of hydrogen-bond donors (Lipinski definition) is 0. The quantitative estimate of drug-likeness (QED) is 0.535. The SMILES string of the molecule is CC(C)n1c(Br)cc2c1C(c1ccc(C#N)cc1)N(c1cc(Cl)cn(C)c1=O)C2=O. The molecule has 0 radical (unpaired) electrons. The Morgan fingerprint density at radius 2 is 1.83 bits per heavy atom. The number of rotatable bonds is 3. The Bertz CT molecular complexity index is 1270. The lowest BCUT2D eigenvalue weighted by Gasteiger charge is -2.28. The number of aryl methyl sites for hydroxylation is 1. The number of nitrogens with zero attached hydrogens (tertiary/aromatic N) is 4. The molecule has 2 aromatic heterocycles. The average molecular weight is 486 g/mol. The van der Waals surface area contributed by atoms with Crippen LogP contribution in [0.15, 0.2) is 52.0 Å². The number of hydrogen-bond acceptors (Lipinski definition) is 3. The number of aromatic nitrogens is 2. The van der Waals surface area contributed by atoms with E-state index in [2.05, 4.69) is 22.0 Å². The molecule has 1 aliphatic rings. The number of halogens is 2. The van der Waals surface area contributed by atoms with Crippen LogP contribution in [0.1, 0.15) is 53.1 Å². The summed E-state index contributed by atoms with van der Waals surface area (Å²) in [5.41, 5.74) is 2.56. The van der Waals surface area contributed by atoms with E-state index in [0.29, 0.717) is 16.1 Å². The number of carbonyl (C=O) groups is 1. The lowest BCUT2D eigenvalue weighted by atomic mass is 10.0. The van der Waals surface area contributed by atoms with Gasteiger partial charge in [-0.1, -0.05) is 23.7 Å². The molecule has 0 aliphatic carbocycles. The number of anilines is 1. The third-order valence-corrected chi connectivity index (χ3v) is 6.08. The average Bonchev–Trinajstić information content (AvgIpc) is 3.18. The Kier molecular flexibility index (Phi) is 5.08. The van der Waals surface area contributed by atoms with E-state index in [4.69, 9.17) is 16.9 Å². The fraction of sp³-hybridized carbons (Fsp3) is 0.227. The summed E-state index contributed by atoms with van der Waals surface area (Å²) in [4.78, 5) is 28.0. The minimum absolute atomic E-state index is 0.0824. The lowest BCUT2D eigenvalue weighted by molar-refractivity contribution is 0.0993. The van der Waals surface area contributed by atoms with E-state index < -0.39 is 6.04 Å². The molecule has 3 aromatic rings. The van der Waals surface area contributed by atoms with Crippen LogP contribution in [0.3, 0.4) is 0 Å². The molecule has 8 heteroatoms. The van der Waals surface area contributed by atoms with Gasteiger partial charge in [0.05, 0.1) is 32.5 Å². The van der Waals surface area contributed by atoms with Crippen LogP contribution in [-0.4, -0.2) is 15.0 Å². The van der Waals surface area contributed by atoms with Crippen LogP contribution in [0, 0.1) is 11.3 Å². The third kappa shape index (κ3) is 3.08. The molecule has 4 rings (SSSR count). The van der Waals surface area contributed by atoms with Gasteiger partial charge in [-0.15, -0.1) is 0 Å². The Morgan fingerprint density at radius 3 is 2.43 bits per heavy atom. The van der Waals surface area contributed by atoms with Crippen LogP contribution < -0.4 is 10.5 Å². The normalized spacial score (nSPS) is 15.6. The van der Waals surface area contributed by atoms with Gasteiger partial charge in [-0.25, -0.2) is 0 Å². The van der Waals surface area contributed by atoms with Crippen molar-refractivity contribution in [2.45, 2.75) is 25.9 Å². The molecule has 1 atom stereocenters. The monoisotopic (exact) mass is 484 g/mol. The van der Waals surface area contributed by atoms with E-state index in [1.165, 1.54) is 21.7 Å². The summed E-state index contributed by atoms with van der Waals surface area (Å²) in [5, 5.41) is 9.52. The first-order chi connectivity index (χ1) is 14.2. The fourth-order valence-electron chi connectivity index (χ4n) is 3.97. The second-order valence-electron chi connectivity index (χ2n) is 7.50. The van der Waals surface area contributed by atoms with Crippen LogP contribution in [0.2, 0.25) is 5.02 Å². The number of carbonyl (C=O) groups excluding carboxylic acids is 1. The van der Waals surface area contributed by atoms with Gasteiger partial charge >= 0.3 is 0 Å². The van der Waals surface area contributed by atoms with Crippen molar-refractivity contribution in [1.82, 2.24) is 9.13 Å². The third-order valence-electron chi connectivity index (χ3n) is 5.26. The first-order valence-corrected chi connectivity index (χ1v) is 10.5. The number of fused-ring (bicyclic) bond motifs is 1. The number of pyridine rings is 1. The molecule has 1 amide bonds. The Balaban J connectivity index is 2.01. The van der Waals surface area contributed by atoms with Crippen LogP contribution >= 0.6 is 27.5 Å². The van der Waals surface area contributed by atoms with Gasteiger partial charge in [0.1, 0.15) is 11.7 Å². The molecule has 1 aromatic carbocycles. The maximum Gasteiger partial charge on any atom is 0.274 e. The van der Waals surface area contributed by atoms with Crippen molar-refractivity contribution in [1.29, 1.82) is 5.26 Å². The van der Waals surface area contributed by atoms with Gasteiger partial charge < -0.3 is 9.13 Å². The van der Waals surface area contributed by atoms with E-state index in [-0.39, 0.29) is 23.2 Å². The first-order valence-electron chi connectivity index (χ1n) is 9.35. The highest BCUT2D eigenvalue weighted by Crippen LogP contribution is 2.44. The maximum atomic E-state index is 13.5. The first kappa shape index (κ1) is 20.5. The molecule has 0 fully saturated rings. The zero-order valence-corrected chi connectivity index (χ0v) is 18.9. The van der Waals surface area contributed by atoms with Crippen molar-refractivity contribution >= 4 is 39.1 Å². The summed E-state index contributed by atoms with van der Waals surface area (Å²) >= 11 is 9.80. The topological polar surface area (TPSA) is 71.0 Å². The maximum absolute atomic E-state index is 13.5. The fourth-order valence-corrected chi connectivity index (χ4v) is 5.05. The highest BCUT2D eigenvalue weighted by molar-refractivity contribution is 9.10. The molecule has 0 saturated heterocycles. The van der Waals surface area contributed by atoms with Gasteiger partial charge in [0.25, 0.3) is 11.5 Å². The molecule has 0 N–H and O–H groups in total. The second kappa shape index (κ2) is 7.46. The Labute approximate surface area is 187 Å². The van der Waals surface area contributed by atoms with Gasteiger partial charge in [0.15, 0.2) is 0 Å². The van der Waals surface area contributed by atoms with Crippen molar-refractivity contribution in [3.05, 3.63) is 85.0 Å². The number of amides is 1. The summed E-state index contributed by atoms with van der Waals surface area (Å²) < 4.78 is 4.22. The lowest BCUT2D eigenvalue weighted by Crippen LogP contribution is -2.35. The van der Waals surface area contributed by atoms with Crippen molar-refractivity contribution in [2.24, 2.45) is 7.05 Å². The zero-order valence-electron chi connectivity index (χ0n) is 16.6.